The van der Waals surface area contributed by atoms with Crippen molar-refractivity contribution in [2.45, 2.75) is 27.7 Å². The largest absolute Gasteiger partial charge is 0.298 e. The molecule has 114 valence electrons. The normalized spacial score (nSPS) is 14.2. The van der Waals surface area contributed by atoms with Crippen LogP contribution in [0.2, 0.25) is 0 Å². The molecule has 0 amide bonds. The van der Waals surface area contributed by atoms with E-state index in [4.69, 9.17) is 0 Å². The van der Waals surface area contributed by atoms with E-state index in [0.717, 1.165) is 23.7 Å². The van der Waals surface area contributed by atoms with Crippen molar-refractivity contribution in [1.82, 2.24) is 0 Å². The first-order valence-electron chi connectivity index (χ1n) is 6.94. The van der Waals surface area contributed by atoms with Gasteiger partial charge >= 0.3 is 0 Å². The molecule has 0 unspecified atom stereocenters. The summed E-state index contributed by atoms with van der Waals surface area (Å²) in [4.78, 5) is 20.8. The zero-order chi connectivity index (χ0) is 16.8. The summed E-state index contributed by atoms with van der Waals surface area (Å²) >= 11 is 0. The maximum absolute atomic E-state index is 10.4. The van der Waals surface area contributed by atoms with Crippen molar-refractivity contribution in [2.75, 3.05) is 0 Å². The van der Waals surface area contributed by atoms with Gasteiger partial charge in [-0.2, -0.15) is 0 Å². The highest BCUT2D eigenvalue weighted by molar-refractivity contribution is 5.73. The molecule has 0 aliphatic heterocycles. The molecule has 0 aromatic carbocycles. The molecule has 22 heavy (non-hydrogen) atoms. The molecule has 2 nitrogen and oxygen atoms in total. The summed E-state index contributed by atoms with van der Waals surface area (Å²) in [5.74, 6) is 5.89. The van der Waals surface area contributed by atoms with Crippen molar-refractivity contribution < 1.29 is 9.59 Å². The molecule has 0 aliphatic carbocycles. The highest BCUT2D eigenvalue weighted by atomic mass is 16.1. The fourth-order valence-corrected chi connectivity index (χ4v) is 1.19. The summed E-state index contributed by atoms with van der Waals surface area (Å²) < 4.78 is 0. The summed E-state index contributed by atoms with van der Waals surface area (Å²) in [7, 11) is 0. The molecular formula is C20H22O2. The van der Waals surface area contributed by atoms with Crippen molar-refractivity contribution in [3.63, 3.8) is 0 Å². The van der Waals surface area contributed by atoms with Crippen LogP contribution in [0.1, 0.15) is 27.7 Å². The Labute approximate surface area is 133 Å². The number of carbonyl (C=O) groups excluding carboxylic acids is 2. The van der Waals surface area contributed by atoms with Crippen LogP contribution in [-0.4, -0.2) is 12.6 Å². The maximum atomic E-state index is 10.4. The predicted octanol–water partition coefficient (Wildman–Crippen LogP) is 4.29. The molecule has 0 spiro atoms. The third kappa shape index (κ3) is 11.2. The van der Waals surface area contributed by atoms with Crippen molar-refractivity contribution >= 4 is 12.6 Å². The lowest BCUT2D eigenvalue weighted by Gasteiger charge is -1.87. The molecule has 0 aliphatic rings. The summed E-state index contributed by atoms with van der Waals surface area (Å²) in [5.41, 5.74) is 3.38. The molecule has 0 fully saturated rings. The SMILES string of the molecule is C\C(C=O)=C/C=C\C(C)=C\C#C/C=C(C)/C=C\C=C(/C)C=O. The third-order valence-corrected chi connectivity index (χ3v) is 2.49. The summed E-state index contributed by atoms with van der Waals surface area (Å²) in [6.45, 7) is 7.39. The van der Waals surface area contributed by atoms with E-state index in [1.165, 1.54) is 0 Å². The number of aldehydes is 2. The van der Waals surface area contributed by atoms with Gasteiger partial charge in [-0.3, -0.25) is 9.59 Å². The molecule has 0 rings (SSSR count). The number of allylic oxidation sites excluding steroid dienone is 12. The highest BCUT2D eigenvalue weighted by Crippen LogP contribution is 1.97. The van der Waals surface area contributed by atoms with E-state index in [0.29, 0.717) is 11.1 Å². The first kappa shape index (κ1) is 19.3. The predicted molar refractivity (Wildman–Crippen MR) is 93.2 cm³/mol. The van der Waals surface area contributed by atoms with Crippen molar-refractivity contribution in [3.8, 4) is 11.8 Å². The minimum atomic E-state index is 0.680. The van der Waals surface area contributed by atoms with Gasteiger partial charge in [0.25, 0.3) is 0 Å². The molecule has 0 bridgehead atoms. The Kier molecular flexibility index (Phi) is 10.6. The fourth-order valence-electron chi connectivity index (χ4n) is 1.19. The van der Waals surface area contributed by atoms with Gasteiger partial charge in [-0.25, -0.2) is 0 Å². The van der Waals surface area contributed by atoms with Gasteiger partial charge in [0.15, 0.2) is 0 Å². The van der Waals surface area contributed by atoms with E-state index in [1.54, 1.807) is 26.0 Å². The van der Waals surface area contributed by atoms with E-state index in [1.807, 2.05) is 50.3 Å². The molecule has 2 heteroatoms. The van der Waals surface area contributed by atoms with Gasteiger partial charge in [0.1, 0.15) is 12.6 Å². The minimum Gasteiger partial charge on any atom is -0.298 e. The van der Waals surface area contributed by atoms with Crippen LogP contribution in [0.15, 0.2) is 70.9 Å². The topological polar surface area (TPSA) is 34.1 Å². The van der Waals surface area contributed by atoms with Gasteiger partial charge in [-0.1, -0.05) is 48.3 Å². The van der Waals surface area contributed by atoms with Crippen molar-refractivity contribution in [2.24, 2.45) is 0 Å². The third-order valence-electron chi connectivity index (χ3n) is 2.49. The molecule has 0 N–H and O–H groups in total. The van der Waals surface area contributed by atoms with Gasteiger partial charge in [0.2, 0.25) is 0 Å². The standard InChI is InChI=1S/C20H22O2/c1-17(11-7-13-19(3)15-21)9-5-6-10-18(2)12-8-14-20(4)16-22/h7-16H,1-4H3/b11-7-,12-8-,17-9+,18-10+,19-13+,20-14+. The summed E-state index contributed by atoms with van der Waals surface area (Å²) in [6.07, 6.45) is 16.2. The highest BCUT2D eigenvalue weighted by Gasteiger charge is 1.81. The van der Waals surface area contributed by atoms with E-state index in [-0.39, 0.29) is 0 Å². The van der Waals surface area contributed by atoms with E-state index in [2.05, 4.69) is 11.8 Å². The lowest BCUT2D eigenvalue weighted by atomic mass is 10.2. The maximum Gasteiger partial charge on any atom is 0.145 e. The average molecular weight is 294 g/mol. The quantitative estimate of drug-likeness (QED) is 0.317. The molecular weight excluding hydrogens is 272 g/mol. The van der Waals surface area contributed by atoms with Crippen molar-refractivity contribution in [3.05, 3.63) is 70.9 Å². The Morgan fingerprint density at radius 2 is 1.00 bits per heavy atom. The van der Waals surface area contributed by atoms with Crippen LogP contribution in [0.4, 0.5) is 0 Å². The van der Waals surface area contributed by atoms with Crippen LogP contribution in [0.3, 0.4) is 0 Å². The van der Waals surface area contributed by atoms with Crippen molar-refractivity contribution in [1.29, 1.82) is 0 Å². The second-order valence-electron chi connectivity index (χ2n) is 4.84. The Morgan fingerprint density at radius 1 is 0.636 bits per heavy atom. The van der Waals surface area contributed by atoms with Crippen LogP contribution in [-0.2, 0) is 9.59 Å². The first-order valence-corrected chi connectivity index (χ1v) is 6.94. The van der Waals surface area contributed by atoms with E-state index in [9.17, 15) is 9.59 Å². The number of rotatable bonds is 6. The zero-order valence-corrected chi connectivity index (χ0v) is 13.6. The molecule has 0 heterocycles. The molecule has 0 radical (unpaired) electrons. The average Bonchev–Trinajstić information content (AvgIpc) is 2.51. The van der Waals surface area contributed by atoms with Crippen LogP contribution in [0.5, 0.6) is 0 Å². The van der Waals surface area contributed by atoms with Crippen LogP contribution >= 0.6 is 0 Å². The Morgan fingerprint density at radius 3 is 1.32 bits per heavy atom. The van der Waals surface area contributed by atoms with Gasteiger partial charge in [-0.05, 0) is 62.1 Å². The van der Waals surface area contributed by atoms with E-state index >= 15 is 0 Å². The smallest absolute Gasteiger partial charge is 0.145 e. The minimum absolute atomic E-state index is 0.680. The molecule has 0 aromatic rings. The van der Waals surface area contributed by atoms with Crippen LogP contribution in [0, 0.1) is 11.8 Å². The monoisotopic (exact) mass is 294 g/mol. The molecule has 0 saturated heterocycles. The summed E-state index contributed by atoms with van der Waals surface area (Å²) in [5, 5.41) is 0. The number of carbonyl (C=O) groups is 2. The second-order valence-corrected chi connectivity index (χ2v) is 4.84. The summed E-state index contributed by atoms with van der Waals surface area (Å²) in [6, 6.07) is 0. The molecule has 0 atom stereocenters. The molecule has 0 saturated carbocycles. The van der Waals surface area contributed by atoms with Gasteiger partial charge in [0.05, 0.1) is 0 Å². The van der Waals surface area contributed by atoms with E-state index < -0.39 is 0 Å². The lowest BCUT2D eigenvalue weighted by molar-refractivity contribution is -0.105. The van der Waals surface area contributed by atoms with Gasteiger partial charge in [-0.15, -0.1) is 0 Å². The number of hydrogen-bond acceptors (Lipinski definition) is 2. The lowest BCUT2D eigenvalue weighted by Crippen LogP contribution is -1.73. The Bertz CT molecular complexity index is 570. The van der Waals surface area contributed by atoms with Gasteiger partial charge < -0.3 is 0 Å². The van der Waals surface area contributed by atoms with Crippen LogP contribution < -0.4 is 0 Å². The second kappa shape index (κ2) is 12.1. The first-order chi connectivity index (χ1) is 10.5. The molecule has 0 aromatic heterocycles. The Hall–Kier alpha value is -2.66. The Balaban J connectivity index is 4.62. The fraction of sp³-hybridized carbons (Fsp3) is 0.200. The van der Waals surface area contributed by atoms with Gasteiger partial charge in [0, 0.05) is 0 Å². The van der Waals surface area contributed by atoms with Crippen LogP contribution in [0.25, 0.3) is 0 Å². The zero-order valence-electron chi connectivity index (χ0n) is 13.6. The number of hydrogen-bond donors (Lipinski definition) is 0.